The molecule has 0 fully saturated rings. The van der Waals surface area contributed by atoms with E-state index in [0.29, 0.717) is 12.3 Å². The lowest BCUT2D eigenvalue weighted by Crippen LogP contribution is -1.95. The van der Waals surface area contributed by atoms with E-state index in [1.165, 1.54) is 12.1 Å². The summed E-state index contributed by atoms with van der Waals surface area (Å²) in [4.78, 5) is 0. The van der Waals surface area contributed by atoms with E-state index < -0.39 is 11.6 Å². The molecule has 1 aromatic rings. The van der Waals surface area contributed by atoms with Gasteiger partial charge in [0.2, 0.25) is 0 Å². The summed E-state index contributed by atoms with van der Waals surface area (Å²) in [6.45, 7) is 0. The number of benzene rings is 1. The van der Waals surface area contributed by atoms with Crippen molar-refractivity contribution in [2.24, 2.45) is 0 Å². The van der Waals surface area contributed by atoms with Gasteiger partial charge in [0.1, 0.15) is 0 Å². The van der Waals surface area contributed by atoms with Crippen molar-refractivity contribution in [3.05, 3.63) is 35.4 Å². The van der Waals surface area contributed by atoms with Gasteiger partial charge in [-0.1, -0.05) is 12.2 Å². The predicted molar refractivity (Wildman–Crippen MR) is 55.1 cm³/mol. The number of anilines is 1. The molecule has 2 N–H and O–H groups in total. The molecule has 1 aromatic carbocycles. The van der Waals surface area contributed by atoms with Crippen molar-refractivity contribution >= 4 is 23.4 Å². The van der Waals surface area contributed by atoms with Crippen LogP contribution in [-0.2, 0) is 0 Å². The number of nitrogens with two attached hydrogens (primary N) is 1. The highest BCUT2D eigenvalue weighted by molar-refractivity contribution is 6.17. The highest BCUT2D eigenvalue weighted by Gasteiger charge is 2.08. The van der Waals surface area contributed by atoms with Gasteiger partial charge in [-0.15, -0.1) is 11.6 Å². The second-order valence-electron chi connectivity index (χ2n) is 2.74. The number of allylic oxidation sites excluding steroid dienone is 1. The highest BCUT2D eigenvalue weighted by atomic mass is 35.5. The van der Waals surface area contributed by atoms with E-state index in [4.69, 9.17) is 17.3 Å². The van der Waals surface area contributed by atoms with Gasteiger partial charge < -0.3 is 5.73 Å². The maximum Gasteiger partial charge on any atom is 0.168 e. The quantitative estimate of drug-likeness (QED) is 0.611. The topological polar surface area (TPSA) is 26.0 Å². The third-order valence-corrected chi connectivity index (χ3v) is 1.94. The van der Waals surface area contributed by atoms with Crippen molar-refractivity contribution in [1.82, 2.24) is 0 Å². The van der Waals surface area contributed by atoms with E-state index in [1.54, 1.807) is 6.08 Å². The monoisotopic (exact) mass is 217 g/mol. The van der Waals surface area contributed by atoms with Crippen LogP contribution in [0.2, 0.25) is 0 Å². The second-order valence-corrected chi connectivity index (χ2v) is 3.12. The first-order valence-corrected chi connectivity index (χ1v) is 4.66. The first kappa shape index (κ1) is 11.0. The van der Waals surface area contributed by atoms with E-state index in [0.717, 1.165) is 6.07 Å². The summed E-state index contributed by atoms with van der Waals surface area (Å²) in [6.07, 6.45) is 3.69. The van der Waals surface area contributed by atoms with Gasteiger partial charge in [0.25, 0.3) is 0 Å². The van der Waals surface area contributed by atoms with Crippen LogP contribution in [0.15, 0.2) is 18.2 Å². The smallest absolute Gasteiger partial charge is 0.168 e. The largest absolute Gasteiger partial charge is 0.398 e. The lowest BCUT2D eigenvalue weighted by Gasteiger charge is -2.02. The van der Waals surface area contributed by atoms with Gasteiger partial charge in [0, 0.05) is 17.1 Å². The lowest BCUT2D eigenvalue weighted by molar-refractivity contribution is 0.507. The Kier molecular flexibility index (Phi) is 3.89. The molecule has 0 bridgehead atoms. The van der Waals surface area contributed by atoms with Gasteiger partial charge in [-0.05, 0) is 18.6 Å². The SMILES string of the molecule is Nc1ccc(F)c(F)c1C=CCCCl. The molecular weight excluding hydrogens is 208 g/mol. The molecule has 0 amide bonds. The molecular formula is C10H10ClF2N. The van der Waals surface area contributed by atoms with Gasteiger partial charge in [-0.25, -0.2) is 8.78 Å². The van der Waals surface area contributed by atoms with Crippen molar-refractivity contribution < 1.29 is 8.78 Å². The minimum atomic E-state index is -0.921. The minimum absolute atomic E-state index is 0.0788. The zero-order valence-corrected chi connectivity index (χ0v) is 8.19. The molecule has 0 spiro atoms. The summed E-state index contributed by atoms with van der Waals surface area (Å²) in [5.74, 6) is -1.38. The molecule has 4 heteroatoms. The molecule has 0 saturated heterocycles. The molecule has 0 aliphatic rings. The standard InChI is InChI=1S/C10H10ClF2N/c11-6-2-1-3-7-9(14)5-4-8(12)10(7)13/h1,3-5H,2,6,14H2. The number of alkyl halides is 1. The van der Waals surface area contributed by atoms with E-state index in [9.17, 15) is 8.78 Å². The van der Waals surface area contributed by atoms with Crippen LogP contribution < -0.4 is 5.73 Å². The number of nitrogen functional groups attached to an aromatic ring is 1. The fourth-order valence-electron chi connectivity index (χ4n) is 1.01. The summed E-state index contributed by atoms with van der Waals surface area (Å²) in [7, 11) is 0. The zero-order valence-electron chi connectivity index (χ0n) is 7.43. The predicted octanol–water partition coefficient (Wildman–Crippen LogP) is 3.19. The first-order chi connectivity index (χ1) is 6.66. The minimum Gasteiger partial charge on any atom is -0.398 e. The van der Waals surface area contributed by atoms with Crippen LogP contribution >= 0.6 is 11.6 Å². The molecule has 0 aliphatic carbocycles. The number of halogens is 3. The van der Waals surface area contributed by atoms with Crippen LogP contribution in [0.3, 0.4) is 0 Å². The van der Waals surface area contributed by atoms with Crippen molar-refractivity contribution in [2.75, 3.05) is 11.6 Å². The third-order valence-electron chi connectivity index (χ3n) is 1.73. The molecule has 0 radical (unpaired) electrons. The Morgan fingerprint density at radius 3 is 2.71 bits per heavy atom. The van der Waals surface area contributed by atoms with E-state index in [1.807, 2.05) is 0 Å². The molecule has 76 valence electrons. The van der Waals surface area contributed by atoms with E-state index >= 15 is 0 Å². The number of rotatable bonds is 3. The average molecular weight is 218 g/mol. The van der Waals surface area contributed by atoms with E-state index in [2.05, 4.69) is 0 Å². The lowest BCUT2D eigenvalue weighted by atomic mass is 10.1. The first-order valence-electron chi connectivity index (χ1n) is 4.12. The molecule has 0 aliphatic heterocycles. The number of hydrogen-bond donors (Lipinski definition) is 1. The van der Waals surface area contributed by atoms with Gasteiger partial charge in [-0.2, -0.15) is 0 Å². The summed E-state index contributed by atoms with van der Waals surface area (Å²) in [5, 5.41) is 0. The summed E-state index contributed by atoms with van der Waals surface area (Å²) < 4.78 is 25.9. The molecule has 1 nitrogen and oxygen atoms in total. The summed E-state index contributed by atoms with van der Waals surface area (Å²) in [5.41, 5.74) is 5.78. The second kappa shape index (κ2) is 4.96. The Balaban J connectivity index is 3.00. The Labute approximate surface area is 86.2 Å². The van der Waals surface area contributed by atoms with Gasteiger partial charge >= 0.3 is 0 Å². The number of hydrogen-bond acceptors (Lipinski definition) is 1. The van der Waals surface area contributed by atoms with Crippen LogP contribution in [0, 0.1) is 11.6 Å². The maximum atomic E-state index is 13.2. The molecule has 0 heterocycles. The molecule has 14 heavy (non-hydrogen) atoms. The van der Waals surface area contributed by atoms with Gasteiger partial charge in [0.15, 0.2) is 11.6 Å². The Hall–Kier alpha value is -1.09. The molecule has 0 saturated carbocycles. The highest BCUT2D eigenvalue weighted by Crippen LogP contribution is 2.20. The van der Waals surface area contributed by atoms with Crippen LogP contribution in [0.25, 0.3) is 6.08 Å². The summed E-state index contributed by atoms with van der Waals surface area (Å²) in [6, 6.07) is 2.34. The Morgan fingerprint density at radius 1 is 1.36 bits per heavy atom. The maximum absolute atomic E-state index is 13.2. The van der Waals surface area contributed by atoms with Gasteiger partial charge in [-0.3, -0.25) is 0 Å². The average Bonchev–Trinajstić information content (AvgIpc) is 2.18. The third kappa shape index (κ3) is 2.45. The van der Waals surface area contributed by atoms with Crippen molar-refractivity contribution in [3.8, 4) is 0 Å². The van der Waals surface area contributed by atoms with Crippen molar-refractivity contribution in [2.45, 2.75) is 6.42 Å². The molecule has 1 rings (SSSR count). The summed E-state index contributed by atoms with van der Waals surface area (Å²) >= 11 is 5.43. The molecule has 0 unspecified atom stereocenters. The zero-order chi connectivity index (χ0) is 10.6. The molecule has 0 atom stereocenters. The van der Waals surface area contributed by atoms with Crippen LogP contribution in [0.1, 0.15) is 12.0 Å². The van der Waals surface area contributed by atoms with E-state index in [-0.39, 0.29) is 11.3 Å². The van der Waals surface area contributed by atoms with Crippen LogP contribution in [-0.4, -0.2) is 5.88 Å². The van der Waals surface area contributed by atoms with Crippen molar-refractivity contribution in [3.63, 3.8) is 0 Å². The van der Waals surface area contributed by atoms with Crippen LogP contribution in [0.5, 0.6) is 0 Å². The normalized spacial score (nSPS) is 11.1. The fourth-order valence-corrected chi connectivity index (χ4v) is 1.14. The Morgan fingerprint density at radius 2 is 2.07 bits per heavy atom. The Bertz CT molecular complexity index is 350. The van der Waals surface area contributed by atoms with Gasteiger partial charge in [0.05, 0.1) is 0 Å². The fraction of sp³-hybridized carbons (Fsp3) is 0.200. The molecule has 0 aromatic heterocycles. The van der Waals surface area contributed by atoms with Crippen molar-refractivity contribution in [1.29, 1.82) is 0 Å². The van der Waals surface area contributed by atoms with Crippen LogP contribution in [0.4, 0.5) is 14.5 Å².